The van der Waals surface area contributed by atoms with E-state index in [2.05, 4.69) is 20.2 Å². The molecule has 0 saturated carbocycles. The van der Waals surface area contributed by atoms with Crippen LogP contribution in [0.2, 0.25) is 5.02 Å². The minimum atomic E-state index is -3.81. The highest BCUT2D eigenvalue weighted by atomic mass is 35.5. The molecule has 4 rings (SSSR count). The van der Waals surface area contributed by atoms with Crippen LogP contribution in [0.4, 0.5) is 0 Å². The second-order valence-electron chi connectivity index (χ2n) is 5.44. The molecule has 0 fully saturated rings. The molecular formula is C16H12ClN5O2S. The van der Waals surface area contributed by atoms with Crippen molar-refractivity contribution in [3.8, 4) is 0 Å². The number of aromatic nitrogens is 4. The number of fused-ring (bicyclic) bond motifs is 1. The van der Waals surface area contributed by atoms with E-state index < -0.39 is 16.1 Å². The number of rotatable bonds is 3. The summed E-state index contributed by atoms with van der Waals surface area (Å²) in [6.07, 6.45) is 9.50. The van der Waals surface area contributed by atoms with Crippen LogP contribution >= 0.6 is 11.6 Å². The first-order chi connectivity index (χ1) is 12.1. The summed E-state index contributed by atoms with van der Waals surface area (Å²) in [5.74, 6) is 0. The molecular weight excluding hydrogens is 362 g/mol. The molecule has 1 aliphatic heterocycles. The summed E-state index contributed by atoms with van der Waals surface area (Å²) >= 11 is 5.87. The van der Waals surface area contributed by atoms with Crippen molar-refractivity contribution in [1.82, 2.24) is 24.5 Å². The molecule has 2 aromatic heterocycles. The highest BCUT2D eigenvalue weighted by molar-refractivity contribution is 7.89. The van der Waals surface area contributed by atoms with Crippen LogP contribution in [-0.4, -0.2) is 32.9 Å². The molecule has 7 nitrogen and oxygen atoms in total. The third kappa shape index (κ3) is 2.79. The topological polar surface area (TPSA) is 91.8 Å². The zero-order chi connectivity index (χ0) is 17.4. The van der Waals surface area contributed by atoms with Gasteiger partial charge in [-0.1, -0.05) is 11.6 Å². The molecule has 3 aromatic rings. The Morgan fingerprint density at radius 2 is 1.80 bits per heavy atom. The Labute approximate surface area is 148 Å². The molecule has 126 valence electrons. The van der Waals surface area contributed by atoms with Crippen LogP contribution in [0.15, 0.2) is 54.1 Å². The number of hydrogen-bond acceptors (Lipinski definition) is 5. The van der Waals surface area contributed by atoms with E-state index in [4.69, 9.17) is 11.6 Å². The predicted octanol–water partition coefficient (Wildman–Crippen LogP) is 0.817. The second kappa shape index (κ2) is 5.98. The first-order valence-electron chi connectivity index (χ1n) is 7.33. The van der Waals surface area contributed by atoms with Gasteiger partial charge in [0, 0.05) is 34.4 Å². The lowest BCUT2D eigenvalue weighted by Crippen LogP contribution is -2.39. The molecule has 1 unspecified atom stereocenters. The van der Waals surface area contributed by atoms with Crippen LogP contribution in [0, 0.1) is 0 Å². The number of benzene rings is 1. The maximum atomic E-state index is 13.2. The van der Waals surface area contributed by atoms with Crippen molar-refractivity contribution in [3.63, 3.8) is 0 Å². The highest BCUT2D eigenvalue weighted by Crippen LogP contribution is 2.30. The quantitative estimate of drug-likeness (QED) is 0.733. The molecule has 0 aliphatic carbocycles. The summed E-state index contributed by atoms with van der Waals surface area (Å²) in [6.45, 7) is 0. The molecule has 0 spiro atoms. The number of hydrogen-bond donors (Lipinski definition) is 1. The normalized spacial score (nSPS) is 16.7. The third-order valence-corrected chi connectivity index (χ3v) is 5.88. The number of nitrogens with one attached hydrogen (secondary N) is 1. The zero-order valence-corrected chi connectivity index (χ0v) is 14.3. The summed E-state index contributed by atoms with van der Waals surface area (Å²) in [7, 11) is -3.81. The van der Waals surface area contributed by atoms with Gasteiger partial charge in [-0.25, -0.2) is 18.4 Å². The summed E-state index contributed by atoms with van der Waals surface area (Å²) in [6, 6.07) is 5.47. The van der Waals surface area contributed by atoms with Crippen molar-refractivity contribution in [2.24, 2.45) is 0 Å². The maximum Gasteiger partial charge on any atom is 0.264 e. The lowest BCUT2D eigenvalue weighted by atomic mass is 10.1. The van der Waals surface area contributed by atoms with Crippen molar-refractivity contribution in [2.45, 2.75) is 10.9 Å². The third-order valence-electron chi connectivity index (χ3n) is 3.88. The molecule has 9 heteroatoms. The minimum Gasteiger partial charge on any atom is -0.278 e. The van der Waals surface area contributed by atoms with E-state index in [9.17, 15) is 8.42 Å². The number of H-pyrrole nitrogens is 1. The van der Waals surface area contributed by atoms with Crippen molar-refractivity contribution < 1.29 is 8.42 Å². The molecule has 0 bridgehead atoms. The van der Waals surface area contributed by atoms with Gasteiger partial charge in [0.1, 0.15) is 6.33 Å². The largest absolute Gasteiger partial charge is 0.278 e. The number of nitrogens with zero attached hydrogens (tertiary/aromatic N) is 4. The standard InChI is InChI=1S/C16H12ClN5O2S/c17-13-1-3-14(4-2-13)25(23,24)22-9-12-8-20-21-15(12)5-16(22)11-6-18-10-19-7-11/h1-10,16,21H. The van der Waals surface area contributed by atoms with Gasteiger partial charge >= 0.3 is 0 Å². The van der Waals surface area contributed by atoms with Crippen molar-refractivity contribution >= 4 is 33.9 Å². The van der Waals surface area contributed by atoms with Crippen LogP contribution in [0.3, 0.4) is 0 Å². The number of sulfonamides is 1. The first kappa shape index (κ1) is 15.8. The molecule has 1 aliphatic rings. The molecule has 0 amide bonds. The van der Waals surface area contributed by atoms with Gasteiger partial charge in [0.05, 0.1) is 22.5 Å². The van der Waals surface area contributed by atoms with Gasteiger partial charge in [0.2, 0.25) is 0 Å². The van der Waals surface area contributed by atoms with Crippen LogP contribution in [0.1, 0.15) is 11.6 Å². The summed E-state index contributed by atoms with van der Waals surface area (Å²) < 4.78 is 27.6. The SMILES string of the molecule is O=S(=O)(c1ccc(Cl)cc1)N1C=c2cn[nH]c2=CC1c1cncnc1. The van der Waals surface area contributed by atoms with Gasteiger partial charge in [-0.2, -0.15) is 5.10 Å². The van der Waals surface area contributed by atoms with E-state index in [-0.39, 0.29) is 4.90 Å². The van der Waals surface area contributed by atoms with Gasteiger partial charge < -0.3 is 0 Å². The van der Waals surface area contributed by atoms with Gasteiger partial charge in [-0.3, -0.25) is 9.40 Å². The van der Waals surface area contributed by atoms with E-state index in [0.29, 0.717) is 15.8 Å². The lowest BCUT2D eigenvalue weighted by Gasteiger charge is -2.29. The Morgan fingerprint density at radius 1 is 1.08 bits per heavy atom. The van der Waals surface area contributed by atoms with Gasteiger partial charge in [-0.05, 0) is 30.3 Å². The fourth-order valence-corrected chi connectivity index (χ4v) is 4.23. The van der Waals surface area contributed by atoms with E-state index in [0.717, 1.165) is 5.35 Å². The van der Waals surface area contributed by atoms with E-state index in [1.807, 2.05) is 0 Å². The molecule has 1 atom stereocenters. The number of aromatic amines is 1. The number of halogens is 1. The summed E-state index contributed by atoms with van der Waals surface area (Å²) in [4.78, 5) is 8.14. The molecule has 0 saturated heterocycles. The van der Waals surface area contributed by atoms with Crippen molar-refractivity contribution in [3.05, 3.63) is 70.3 Å². The van der Waals surface area contributed by atoms with Crippen molar-refractivity contribution in [1.29, 1.82) is 0 Å². The predicted molar refractivity (Wildman–Crippen MR) is 92.0 cm³/mol. The van der Waals surface area contributed by atoms with E-state index in [1.165, 1.54) is 22.8 Å². The first-order valence-corrected chi connectivity index (χ1v) is 9.14. The van der Waals surface area contributed by atoms with Crippen molar-refractivity contribution in [2.75, 3.05) is 0 Å². The Bertz CT molecular complexity index is 1130. The van der Waals surface area contributed by atoms with Crippen LogP contribution in [-0.2, 0) is 10.0 Å². The average Bonchev–Trinajstić information content (AvgIpc) is 3.09. The second-order valence-corrected chi connectivity index (χ2v) is 7.72. The Kier molecular flexibility index (Phi) is 3.78. The monoisotopic (exact) mass is 373 g/mol. The van der Waals surface area contributed by atoms with Crippen LogP contribution < -0.4 is 10.6 Å². The van der Waals surface area contributed by atoms with E-state index >= 15 is 0 Å². The Balaban J connectivity index is 1.89. The highest BCUT2D eigenvalue weighted by Gasteiger charge is 2.31. The minimum absolute atomic E-state index is 0.148. The zero-order valence-electron chi connectivity index (χ0n) is 12.7. The molecule has 0 radical (unpaired) electrons. The van der Waals surface area contributed by atoms with Gasteiger partial charge in [-0.15, -0.1) is 0 Å². The average molecular weight is 374 g/mol. The van der Waals surface area contributed by atoms with Gasteiger partial charge in [0.15, 0.2) is 0 Å². The van der Waals surface area contributed by atoms with Crippen LogP contribution in [0.5, 0.6) is 0 Å². The van der Waals surface area contributed by atoms with Crippen LogP contribution in [0.25, 0.3) is 12.3 Å². The summed E-state index contributed by atoms with van der Waals surface area (Å²) in [5.41, 5.74) is 0.650. The lowest BCUT2D eigenvalue weighted by molar-refractivity contribution is 0.488. The fourth-order valence-electron chi connectivity index (χ4n) is 2.64. The molecule has 3 heterocycles. The maximum absolute atomic E-state index is 13.2. The molecule has 1 N–H and O–H groups in total. The molecule has 1 aromatic carbocycles. The fraction of sp³-hybridized carbons (Fsp3) is 0.0625. The van der Waals surface area contributed by atoms with Gasteiger partial charge in [0.25, 0.3) is 10.0 Å². The summed E-state index contributed by atoms with van der Waals surface area (Å²) in [5, 5.41) is 8.74. The molecule has 25 heavy (non-hydrogen) atoms. The van der Waals surface area contributed by atoms with E-state index in [1.54, 1.807) is 43.0 Å². The smallest absolute Gasteiger partial charge is 0.264 e. The Hall–Kier alpha value is -2.71. The Morgan fingerprint density at radius 3 is 2.52 bits per heavy atom.